The van der Waals surface area contributed by atoms with E-state index in [4.69, 9.17) is 18.7 Å². The fourth-order valence-electron chi connectivity index (χ4n) is 6.45. The maximum Gasteiger partial charge on any atom is 0.220 e. The number of hydrogen-bond acceptors (Lipinski definition) is 4. The SMILES string of the molecule is CCC(C)(O[Si](C)(CCCN)C(C)(CC)O[Si](C)(C)C)C(CC)(CC)[Si](C)(C)O[Si](C)(C)C. The van der Waals surface area contributed by atoms with Crippen LogP contribution in [0.3, 0.4) is 0 Å². The van der Waals surface area contributed by atoms with Gasteiger partial charge in [0.15, 0.2) is 25.0 Å². The molecule has 4 nitrogen and oxygen atoms in total. The Bertz CT molecular complexity index is 601. The summed E-state index contributed by atoms with van der Waals surface area (Å²) < 4.78 is 21.8. The quantitative estimate of drug-likeness (QED) is 0.202. The summed E-state index contributed by atoms with van der Waals surface area (Å²) in [6.45, 7) is 36.0. The summed E-state index contributed by atoms with van der Waals surface area (Å²) in [4.78, 5) is 0. The van der Waals surface area contributed by atoms with Crippen molar-refractivity contribution in [3.8, 4) is 0 Å². The zero-order valence-electron chi connectivity index (χ0n) is 25.3. The highest BCUT2D eigenvalue weighted by molar-refractivity contribution is 6.86. The predicted molar refractivity (Wildman–Crippen MR) is 158 cm³/mol. The van der Waals surface area contributed by atoms with Crippen LogP contribution in [0.15, 0.2) is 0 Å². The maximum atomic E-state index is 7.68. The van der Waals surface area contributed by atoms with Gasteiger partial charge >= 0.3 is 0 Å². The highest BCUT2D eigenvalue weighted by atomic mass is 28.4. The largest absolute Gasteiger partial charge is 0.455 e. The average Bonchev–Trinajstić information content (AvgIpc) is 2.63. The number of rotatable bonds is 16. The zero-order chi connectivity index (χ0) is 26.6. The lowest BCUT2D eigenvalue weighted by Gasteiger charge is -2.60. The van der Waals surface area contributed by atoms with E-state index in [0.717, 1.165) is 38.1 Å². The molecule has 0 aromatic carbocycles. The third-order valence-corrected chi connectivity index (χ3v) is 22.4. The summed E-state index contributed by atoms with van der Waals surface area (Å²) in [6.07, 6.45) is 5.11. The summed E-state index contributed by atoms with van der Waals surface area (Å²) >= 11 is 0. The van der Waals surface area contributed by atoms with Gasteiger partial charge in [-0.1, -0.05) is 27.7 Å². The lowest BCUT2D eigenvalue weighted by atomic mass is 9.81. The molecule has 0 aromatic heterocycles. The van der Waals surface area contributed by atoms with Gasteiger partial charge in [-0.3, -0.25) is 0 Å². The Morgan fingerprint density at radius 1 is 0.667 bits per heavy atom. The minimum Gasteiger partial charge on any atom is -0.455 e. The van der Waals surface area contributed by atoms with E-state index in [1.165, 1.54) is 0 Å². The number of hydrogen-bond donors (Lipinski definition) is 1. The molecular formula is C25H61NO3Si4. The van der Waals surface area contributed by atoms with Crippen molar-refractivity contribution in [3.63, 3.8) is 0 Å². The average molecular weight is 536 g/mol. The molecule has 0 fully saturated rings. The van der Waals surface area contributed by atoms with Crippen LogP contribution in [0.5, 0.6) is 0 Å². The van der Waals surface area contributed by atoms with Gasteiger partial charge in [0.05, 0.1) is 10.8 Å². The van der Waals surface area contributed by atoms with E-state index in [1.54, 1.807) is 0 Å². The molecule has 3 unspecified atom stereocenters. The molecule has 200 valence electrons. The first-order chi connectivity index (χ1) is 14.7. The van der Waals surface area contributed by atoms with Gasteiger partial charge in [-0.05, 0) is 117 Å². The Labute approximate surface area is 212 Å². The van der Waals surface area contributed by atoms with Crippen LogP contribution in [0.2, 0.25) is 70.0 Å². The Morgan fingerprint density at radius 3 is 1.45 bits per heavy atom. The Kier molecular flexibility index (Phi) is 12.1. The topological polar surface area (TPSA) is 53.7 Å². The summed E-state index contributed by atoms with van der Waals surface area (Å²) in [5, 5.41) is -0.207. The second kappa shape index (κ2) is 11.8. The monoisotopic (exact) mass is 535 g/mol. The van der Waals surface area contributed by atoms with E-state index >= 15 is 0 Å². The summed E-state index contributed by atoms with van der Waals surface area (Å²) in [6, 6.07) is 1.04. The van der Waals surface area contributed by atoms with Gasteiger partial charge in [-0.25, -0.2) is 0 Å². The second-order valence-electron chi connectivity index (χ2n) is 13.1. The van der Waals surface area contributed by atoms with Crippen molar-refractivity contribution < 1.29 is 13.0 Å². The van der Waals surface area contributed by atoms with Crippen molar-refractivity contribution in [2.75, 3.05) is 6.54 Å². The van der Waals surface area contributed by atoms with Crippen LogP contribution in [0.4, 0.5) is 0 Å². The molecule has 0 saturated heterocycles. The highest BCUT2D eigenvalue weighted by Gasteiger charge is 2.62. The fourth-order valence-corrected chi connectivity index (χ4v) is 23.7. The first-order valence-electron chi connectivity index (χ1n) is 13.5. The van der Waals surface area contributed by atoms with Crippen molar-refractivity contribution in [3.05, 3.63) is 0 Å². The molecule has 3 atom stereocenters. The smallest absolute Gasteiger partial charge is 0.220 e. The molecule has 0 amide bonds. The van der Waals surface area contributed by atoms with Crippen LogP contribution in [0, 0.1) is 0 Å². The van der Waals surface area contributed by atoms with Crippen molar-refractivity contribution in [2.45, 2.75) is 154 Å². The Balaban J connectivity index is 6.82. The van der Waals surface area contributed by atoms with Crippen molar-refractivity contribution in [1.82, 2.24) is 0 Å². The van der Waals surface area contributed by atoms with E-state index in [1.807, 2.05) is 0 Å². The molecule has 0 aliphatic heterocycles. The first-order valence-corrected chi connectivity index (χ1v) is 25.8. The van der Waals surface area contributed by atoms with E-state index in [0.29, 0.717) is 6.54 Å². The molecule has 33 heavy (non-hydrogen) atoms. The molecule has 0 aliphatic carbocycles. The van der Waals surface area contributed by atoms with Crippen LogP contribution in [-0.4, -0.2) is 50.6 Å². The molecule has 0 rings (SSSR count). The van der Waals surface area contributed by atoms with Gasteiger partial charge in [-0.15, -0.1) is 0 Å². The van der Waals surface area contributed by atoms with Crippen LogP contribution in [0.25, 0.3) is 0 Å². The molecular weight excluding hydrogens is 475 g/mol. The molecule has 2 N–H and O–H groups in total. The van der Waals surface area contributed by atoms with Crippen LogP contribution in [0.1, 0.15) is 73.6 Å². The van der Waals surface area contributed by atoms with Crippen LogP contribution < -0.4 is 5.73 Å². The lowest BCUT2D eigenvalue weighted by Crippen LogP contribution is -2.68. The third kappa shape index (κ3) is 7.84. The Hall–Kier alpha value is 0.708. The molecule has 0 heterocycles. The predicted octanol–water partition coefficient (Wildman–Crippen LogP) is 8.27. The normalized spacial score (nSPS) is 19.6. The van der Waals surface area contributed by atoms with Crippen LogP contribution in [-0.2, 0) is 13.0 Å². The third-order valence-electron chi connectivity index (χ3n) is 8.24. The Morgan fingerprint density at radius 2 is 1.15 bits per heavy atom. The van der Waals surface area contributed by atoms with Crippen molar-refractivity contribution in [2.24, 2.45) is 5.73 Å². The van der Waals surface area contributed by atoms with E-state index in [-0.39, 0.29) is 15.9 Å². The molecule has 0 bridgehead atoms. The highest BCUT2D eigenvalue weighted by Crippen LogP contribution is 2.59. The minimum atomic E-state index is -2.36. The fraction of sp³-hybridized carbons (Fsp3) is 1.00. The molecule has 0 aromatic rings. The summed E-state index contributed by atoms with van der Waals surface area (Å²) in [7, 11) is -7.94. The first kappa shape index (κ1) is 33.7. The van der Waals surface area contributed by atoms with E-state index in [2.05, 4.69) is 100 Å². The molecule has 0 aliphatic rings. The van der Waals surface area contributed by atoms with E-state index in [9.17, 15) is 0 Å². The molecule has 0 spiro atoms. The zero-order valence-corrected chi connectivity index (χ0v) is 29.3. The molecule has 0 saturated carbocycles. The lowest BCUT2D eigenvalue weighted by molar-refractivity contribution is -0.0137. The summed E-state index contributed by atoms with van der Waals surface area (Å²) in [5.41, 5.74) is 5.78. The van der Waals surface area contributed by atoms with Gasteiger partial charge in [-0.2, -0.15) is 0 Å². The van der Waals surface area contributed by atoms with E-state index < -0.39 is 33.3 Å². The molecule has 8 heteroatoms. The van der Waals surface area contributed by atoms with Gasteiger partial charge in [0.1, 0.15) is 0 Å². The standard InChI is InChI=1S/C25H61NO3Si4/c1-16-23(5,25(18-3,19-4)32(13,14)29-31(10,11)12)27-33(15,22-20-21-26)24(6,17-2)28-30(7,8)9/h16-22,26H2,1-15H3. The van der Waals surface area contributed by atoms with Crippen LogP contribution >= 0.6 is 0 Å². The summed E-state index contributed by atoms with van der Waals surface area (Å²) in [5.74, 6) is 0. The van der Waals surface area contributed by atoms with Crippen molar-refractivity contribution in [1.29, 1.82) is 0 Å². The van der Waals surface area contributed by atoms with Gasteiger partial charge in [0.25, 0.3) is 0 Å². The van der Waals surface area contributed by atoms with Gasteiger partial charge < -0.3 is 18.7 Å². The van der Waals surface area contributed by atoms with Gasteiger partial charge in [0, 0.05) is 5.04 Å². The second-order valence-corrected chi connectivity index (χ2v) is 30.8. The maximum absolute atomic E-state index is 7.68. The minimum absolute atomic E-state index is 0.0276. The number of nitrogens with two attached hydrogens (primary N) is 1. The molecule has 0 radical (unpaired) electrons. The van der Waals surface area contributed by atoms with Gasteiger partial charge in [0.2, 0.25) is 8.32 Å². The van der Waals surface area contributed by atoms with Crippen molar-refractivity contribution >= 4 is 33.3 Å².